The smallest absolute Gasteiger partial charge is 0.521 e. The molecule has 2 aromatic heterocycles. The zero-order valence-electron chi connectivity index (χ0n) is 17.6. The summed E-state index contributed by atoms with van der Waals surface area (Å²) in [4.78, 5) is 6.97. The normalized spacial score (nSPS) is 13.6. The lowest BCUT2D eigenvalue weighted by Gasteiger charge is -2.30. The van der Waals surface area contributed by atoms with E-state index in [2.05, 4.69) is 92.7 Å². The minimum Gasteiger partial charge on any atom is -0.521 e. The van der Waals surface area contributed by atoms with Crippen molar-refractivity contribution >= 4 is 40.4 Å². The summed E-state index contributed by atoms with van der Waals surface area (Å²) >= 11 is 0. The highest BCUT2D eigenvalue weighted by atomic mass is 16.5. The van der Waals surface area contributed by atoms with E-state index in [0.29, 0.717) is 0 Å². The van der Waals surface area contributed by atoms with Gasteiger partial charge in [0.2, 0.25) is 0 Å². The number of fused-ring (bicyclic) bond motifs is 11. The Bertz CT molecular complexity index is 1680. The van der Waals surface area contributed by atoms with Crippen molar-refractivity contribution in [2.75, 3.05) is 4.81 Å². The summed E-state index contributed by atoms with van der Waals surface area (Å²) in [5.41, 5.74) is 6.79. The van der Waals surface area contributed by atoms with Gasteiger partial charge in [-0.3, -0.25) is 0 Å². The van der Waals surface area contributed by atoms with Crippen LogP contribution in [-0.2, 0) is 0 Å². The molecule has 0 atom stereocenters. The summed E-state index contributed by atoms with van der Waals surface area (Å²) in [5, 5.41) is 2.52. The molecule has 0 fully saturated rings. The topological polar surface area (TPSA) is 35.2 Å². The molecule has 4 heterocycles. The molecule has 0 N–H and O–H groups in total. The van der Waals surface area contributed by atoms with Gasteiger partial charge in [0.1, 0.15) is 11.6 Å². The zero-order chi connectivity index (χ0) is 21.5. The van der Waals surface area contributed by atoms with E-state index in [1.54, 1.807) is 0 Å². The van der Waals surface area contributed by atoms with E-state index in [-0.39, 0.29) is 7.19 Å². The highest BCUT2D eigenvalue weighted by Gasteiger charge is 2.46. The summed E-state index contributed by atoms with van der Waals surface area (Å²) in [7, 11) is -0.258. The molecule has 33 heavy (non-hydrogen) atoms. The average Bonchev–Trinajstić information content (AvgIpc) is 3.58. The van der Waals surface area contributed by atoms with Crippen LogP contribution in [0.3, 0.4) is 0 Å². The van der Waals surface area contributed by atoms with Crippen LogP contribution < -0.4 is 9.47 Å². The number of anilines is 2. The minimum atomic E-state index is -0.258. The van der Waals surface area contributed by atoms with Gasteiger partial charge in [0.05, 0.1) is 16.7 Å². The Morgan fingerprint density at radius 1 is 0.727 bits per heavy atom. The fourth-order valence-electron chi connectivity index (χ4n) is 5.42. The van der Waals surface area contributed by atoms with Crippen molar-refractivity contribution in [1.82, 2.24) is 14.0 Å². The van der Waals surface area contributed by atoms with E-state index in [1.807, 2.05) is 24.5 Å². The van der Waals surface area contributed by atoms with Crippen LogP contribution >= 0.6 is 0 Å². The number of hydrogen-bond donors (Lipinski definition) is 0. The van der Waals surface area contributed by atoms with Crippen molar-refractivity contribution in [2.45, 2.75) is 0 Å². The van der Waals surface area contributed by atoms with Crippen LogP contribution in [0.15, 0.2) is 103 Å². The van der Waals surface area contributed by atoms with E-state index >= 15 is 0 Å². The zero-order valence-corrected chi connectivity index (χ0v) is 17.6. The molecular weight excluding hydrogens is 407 g/mol. The number of para-hydroxylation sites is 4. The molecule has 0 saturated carbocycles. The van der Waals surface area contributed by atoms with Crippen molar-refractivity contribution in [1.29, 1.82) is 0 Å². The summed E-state index contributed by atoms with van der Waals surface area (Å²) in [5.74, 6) is 1.81. The Morgan fingerprint density at radius 2 is 1.45 bits per heavy atom. The van der Waals surface area contributed by atoms with Crippen LogP contribution in [0.1, 0.15) is 0 Å². The fraction of sp³-hybridized carbons (Fsp3) is 0. The maximum absolute atomic E-state index is 6.31. The molecular formula is C27H17BN4O. The first-order valence-corrected chi connectivity index (χ1v) is 11.1. The van der Waals surface area contributed by atoms with Crippen molar-refractivity contribution < 1.29 is 4.65 Å². The molecule has 0 amide bonds. The van der Waals surface area contributed by atoms with Crippen molar-refractivity contribution in [3.8, 4) is 22.8 Å². The molecule has 2 aliphatic rings. The van der Waals surface area contributed by atoms with Crippen LogP contribution in [0.4, 0.5) is 11.4 Å². The van der Waals surface area contributed by atoms with Gasteiger partial charge >= 0.3 is 7.19 Å². The van der Waals surface area contributed by atoms with Gasteiger partial charge in [-0.05, 0) is 42.5 Å². The van der Waals surface area contributed by atoms with Crippen LogP contribution in [0, 0.1) is 0 Å². The Morgan fingerprint density at radius 3 is 2.27 bits per heavy atom. The molecule has 6 heteroatoms. The Balaban J connectivity index is 1.42. The maximum atomic E-state index is 6.31. The predicted octanol–water partition coefficient (Wildman–Crippen LogP) is 6.02. The third-order valence-corrected chi connectivity index (χ3v) is 6.80. The number of rotatable bonds is 1. The van der Waals surface area contributed by atoms with E-state index < -0.39 is 0 Å². The molecule has 0 radical (unpaired) electrons. The number of nitrogens with zero attached hydrogens (tertiary/aromatic N) is 4. The van der Waals surface area contributed by atoms with Gasteiger partial charge in [0.25, 0.3) is 0 Å². The molecule has 0 unspecified atom stereocenters. The highest BCUT2D eigenvalue weighted by molar-refractivity contribution is 6.61. The van der Waals surface area contributed by atoms with E-state index in [1.165, 1.54) is 21.8 Å². The van der Waals surface area contributed by atoms with Gasteiger partial charge in [-0.2, -0.15) is 0 Å². The van der Waals surface area contributed by atoms with E-state index in [4.69, 9.17) is 9.64 Å². The van der Waals surface area contributed by atoms with Gasteiger partial charge in [-0.1, -0.05) is 48.5 Å². The summed E-state index contributed by atoms with van der Waals surface area (Å²) < 4.78 is 10.8. The molecule has 154 valence electrons. The molecule has 8 rings (SSSR count). The average molecular weight is 424 g/mol. The molecule has 5 nitrogen and oxygen atoms in total. The number of aromatic nitrogens is 3. The number of imidazole rings is 1. The fourth-order valence-corrected chi connectivity index (χ4v) is 5.42. The molecule has 0 bridgehead atoms. The molecule has 6 aromatic rings. The molecule has 0 saturated heterocycles. The Labute approximate surface area is 190 Å². The number of benzene rings is 4. The van der Waals surface area contributed by atoms with Gasteiger partial charge in [-0.15, -0.1) is 0 Å². The lowest BCUT2D eigenvalue weighted by molar-refractivity contribution is 0.576. The lowest BCUT2D eigenvalue weighted by Crippen LogP contribution is -2.46. The first-order valence-electron chi connectivity index (χ1n) is 11.1. The highest BCUT2D eigenvalue weighted by Crippen LogP contribution is 2.48. The van der Waals surface area contributed by atoms with Gasteiger partial charge in [0.15, 0.2) is 0 Å². The van der Waals surface area contributed by atoms with Crippen LogP contribution in [0.2, 0.25) is 0 Å². The maximum Gasteiger partial charge on any atom is 0.629 e. The van der Waals surface area contributed by atoms with Crippen molar-refractivity contribution in [3.63, 3.8) is 0 Å². The Kier molecular flexibility index (Phi) is 3.16. The standard InChI is InChI=1S/C27H17BN4O/c1-3-9-22-19(7-1)20-8-2-4-10-23(20)31(22)18-13-14-24-21(17-18)27-29-15-16-30(27)28-32(24)25-11-5-6-12-26(25)33-28/h1-17H. The first kappa shape index (κ1) is 17.2. The van der Waals surface area contributed by atoms with Gasteiger partial charge in [0, 0.05) is 40.1 Å². The number of hydrogen-bond acceptors (Lipinski definition) is 3. The minimum absolute atomic E-state index is 0.258. The quantitative estimate of drug-likeness (QED) is 0.303. The van der Waals surface area contributed by atoms with Gasteiger partial charge in [-0.25, -0.2) is 4.98 Å². The lowest BCUT2D eigenvalue weighted by atomic mass is 9.89. The second-order valence-corrected chi connectivity index (χ2v) is 8.51. The van der Waals surface area contributed by atoms with E-state index in [9.17, 15) is 0 Å². The predicted molar refractivity (Wildman–Crippen MR) is 132 cm³/mol. The van der Waals surface area contributed by atoms with Crippen molar-refractivity contribution in [2.24, 2.45) is 0 Å². The molecule has 2 aliphatic heterocycles. The van der Waals surface area contributed by atoms with E-state index in [0.717, 1.165) is 34.2 Å². The second-order valence-electron chi connectivity index (χ2n) is 8.51. The second kappa shape index (κ2) is 6.08. The Hall–Kier alpha value is -4.45. The summed E-state index contributed by atoms with van der Waals surface area (Å²) in [6.45, 7) is 0. The molecule has 0 spiro atoms. The summed E-state index contributed by atoms with van der Waals surface area (Å²) in [6, 6.07) is 32.1. The molecule has 0 aliphatic carbocycles. The van der Waals surface area contributed by atoms with Crippen LogP contribution in [0.5, 0.6) is 5.75 Å². The SMILES string of the molecule is c1ccc2c(c1)OB1N2c2ccc(-n3c4ccccc4c4ccccc43)cc2-c2nccn21. The largest absolute Gasteiger partial charge is 0.629 e. The third kappa shape index (κ3) is 2.15. The van der Waals surface area contributed by atoms with Crippen LogP contribution in [0.25, 0.3) is 38.9 Å². The first-order chi connectivity index (χ1) is 16.4. The van der Waals surface area contributed by atoms with Crippen molar-refractivity contribution in [3.05, 3.63) is 103 Å². The molecule has 4 aromatic carbocycles. The third-order valence-electron chi connectivity index (χ3n) is 6.80. The monoisotopic (exact) mass is 424 g/mol. The van der Waals surface area contributed by atoms with Gasteiger partial charge < -0.3 is 18.5 Å². The summed E-state index contributed by atoms with van der Waals surface area (Å²) in [6.07, 6.45) is 3.84. The van der Waals surface area contributed by atoms with Crippen LogP contribution in [-0.4, -0.2) is 21.2 Å².